The Labute approximate surface area is 124 Å². The van der Waals surface area contributed by atoms with Gasteiger partial charge in [-0.25, -0.2) is 0 Å². The number of ketones is 1. The number of benzene rings is 1. The van der Waals surface area contributed by atoms with E-state index in [1.54, 1.807) is 30.5 Å². The van der Waals surface area contributed by atoms with Gasteiger partial charge in [-0.3, -0.25) is 9.78 Å². The van der Waals surface area contributed by atoms with Crippen molar-refractivity contribution < 1.29 is 9.53 Å². The van der Waals surface area contributed by atoms with E-state index in [-0.39, 0.29) is 18.8 Å². The molecule has 2 aromatic rings. The van der Waals surface area contributed by atoms with Gasteiger partial charge in [0, 0.05) is 21.4 Å². The summed E-state index contributed by atoms with van der Waals surface area (Å²) in [5.41, 5.74) is 0.730. The summed E-state index contributed by atoms with van der Waals surface area (Å²) in [5.74, 6) is 0.603. The summed E-state index contributed by atoms with van der Waals surface area (Å²) in [7, 11) is 0. The summed E-state index contributed by atoms with van der Waals surface area (Å²) in [6.45, 7) is 0.0272. The number of ether oxygens (including phenoxy) is 1. The van der Waals surface area contributed by atoms with E-state index in [0.717, 1.165) is 10.2 Å². The molecule has 0 bridgehead atoms. The highest BCUT2D eigenvalue weighted by atomic mass is 79.9. The van der Waals surface area contributed by atoms with Gasteiger partial charge in [0.2, 0.25) is 0 Å². The maximum absolute atomic E-state index is 11.7. The Bertz CT molecular complexity index is 555. The highest BCUT2D eigenvalue weighted by Crippen LogP contribution is 2.15. The zero-order valence-corrected chi connectivity index (χ0v) is 12.3. The molecule has 1 aromatic carbocycles. The van der Waals surface area contributed by atoms with Crippen molar-refractivity contribution in [3.63, 3.8) is 0 Å². The number of carbonyl (C=O) groups is 1. The molecule has 0 spiro atoms. The molecule has 0 saturated heterocycles. The smallest absolute Gasteiger partial charge is 0.176 e. The van der Waals surface area contributed by atoms with Gasteiger partial charge in [0.15, 0.2) is 5.78 Å². The predicted molar refractivity (Wildman–Crippen MR) is 77.6 cm³/mol. The van der Waals surface area contributed by atoms with Gasteiger partial charge >= 0.3 is 0 Å². The van der Waals surface area contributed by atoms with Gasteiger partial charge in [-0.2, -0.15) is 0 Å². The van der Waals surface area contributed by atoms with Crippen LogP contribution in [0.1, 0.15) is 5.69 Å². The van der Waals surface area contributed by atoms with Crippen LogP contribution < -0.4 is 4.74 Å². The second kappa shape index (κ2) is 6.68. The third-order valence-corrected chi connectivity index (χ3v) is 3.10. The molecule has 3 nitrogen and oxygen atoms in total. The lowest BCUT2D eigenvalue weighted by Crippen LogP contribution is -2.14. The van der Waals surface area contributed by atoms with E-state index in [2.05, 4.69) is 20.9 Å². The monoisotopic (exact) mass is 339 g/mol. The molecule has 19 heavy (non-hydrogen) atoms. The normalized spacial score (nSPS) is 10.2. The van der Waals surface area contributed by atoms with E-state index in [0.29, 0.717) is 10.8 Å². The van der Waals surface area contributed by atoms with Crippen LogP contribution in [0.5, 0.6) is 5.75 Å². The van der Waals surface area contributed by atoms with Crippen molar-refractivity contribution in [2.75, 3.05) is 6.61 Å². The predicted octanol–water partition coefficient (Wildman–Crippen LogP) is 3.69. The molecule has 0 atom stereocenters. The lowest BCUT2D eigenvalue weighted by Gasteiger charge is -2.05. The third kappa shape index (κ3) is 4.65. The Morgan fingerprint density at radius 3 is 2.58 bits per heavy atom. The van der Waals surface area contributed by atoms with Gasteiger partial charge in [-0.05, 0) is 52.3 Å². The first-order chi connectivity index (χ1) is 9.13. The second-order valence-corrected chi connectivity index (χ2v) is 5.28. The van der Waals surface area contributed by atoms with E-state index in [1.807, 2.05) is 12.1 Å². The fourth-order valence-electron chi connectivity index (χ4n) is 1.46. The first kappa shape index (κ1) is 14.0. The van der Waals surface area contributed by atoms with E-state index in [9.17, 15) is 4.79 Å². The minimum atomic E-state index is -0.0234. The highest BCUT2D eigenvalue weighted by molar-refractivity contribution is 9.10. The number of hydrogen-bond acceptors (Lipinski definition) is 3. The third-order valence-electron chi connectivity index (χ3n) is 2.38. The first-order valence-electron chi connectivity index (χ1n) is 5.64. The van der Waals surface area contributed by atoms with Crippen molar-refractivity contribution in [1.29, 1.82) is 0 Å². The van der Waals surface area contributed by atoms with E-state index < -0.39 is 0 Å². The maximum atomic E-state index is 11.7. The largest absolute Gasteiger partial charge is 0.486 e. The van der Waals surface area contributed by atoms with Crippen LogP contribution in [0.2, 0.25) is 5.02 Å². The molecule has 0 aliphatic rings. The summed E-state index contributed by atoms with van der Waals surface area (Å²) < 4.78 is 6.26. The lowest BCUT2D eigenvalue weighted by molar-refractivity contribution is -0.120. The second-order valence-electron chi connectivity index (χ2n) is 3.93. The van der Waals surface area contributed by atoms with Crippen molar-refractivity contribution in [2.45, 2.75) is 6.42 Å². The Morgan fingerprint density at radius 2 is 1.95 bits per heavy atom. The summed E-state index contributed by atoms with van der Waals surface area (Å²) >= 11 is 9.06. The van der Waals surface area contributed by atoms with Crippen LogP contribution in [-0.4, -0.2) is 17.4 Å². The molecule has 0 saturated carbocycles. The molecule has 0 fully saturated rings. The number of carbonyl (C=O) groups excluding carboxylic acids is 1. The highest BCUT2D eigenvalue weighted by Gasteiger charge is 2.06. The Morgan fingerprint density at radius 1 is 1.21 bits per heavy atom. The van der Waals surface area contributed by atoms with Crippen molar-refractivity contribution in [3.8, 4) is 5.75 Å². The zero-order chi connectivity index (χ0) is 13.7. The van der Waals surface area contributed by atoms with Crippen LogP contribution in [0.3, 0.4) is 0 Å². The number of pyridine rings is 1. The fraction of sp³-hybridized carbons (Fsp3) is 0.143. The summed E-state index contributed by atoms with van der Waals surface area (Å²) in [5, 5.41) is 0.637. The summed E-state index contributed by atoms with van der Waals surface area (Å²) in [4.78, 5) is 15.9. The van der Waals surface area contributed by atoms with Gasteiger partial charge in [0.25, 0.3) is 0 Å². The number of hydrogen-bond donors (Lipinski definition) is 0. The van der Waals surface area contributed by atoms with Crippen LogP contribution in [0.4, 0.5) is 0 Å². The fourth-order valence-corrected chi connectivity index (χ4v) is 1.82. The maximum Gasteiger partial charge on any atom is 0.176 e. The molecular formula is C14H11BrClNO2. The van der Waals surface area contributed by atoms with Crippen molar-refractivity contribution in [3.05, 3.63) is 57.8 Å². The number of halogens is 2. The minimum Gasteiger partial charge on any atom is -0.486 e. The molecular weight excluding hydrogens is 330 g/mol. The number of Topliss-reactive ketones (excluding diaryl/α,β-unsaturated/α-hetero) is 1. The molecule has 5 heteroatoms. The van der Waals surface area contributed by atoms with Crippen molar-refractivity contribution in [1.82, 2.24) is 4.98 Å². The standard InChI is InChI=1S/C14H11BrClNO2/c15-10-1-4-12(17-8-10)7-13(18)9-19-14-5-2-11(16)3-6-14/h1-6,8H,7,9H2. The zero-order valence-electron chi connectivity index (χ0n) is 9.98. The Hall–Kier alpha value is -1.39. The van der Waals surface area contributed by atoms with Gasteiger partial charge in [-0.1, -0.05) is 11.6 Å². The first-order valence-corrected chi connectivity index (χ1v) is 6.81. The number of aromatic nitrogens is 1. The molecule has 1 heterocycles. The number of rotatable bonds is 5. The van der Waals surface area contributed by atoms with Crippen molar-refractivity contribution in [2.24, 2.45) is 0 Å². The minimum absolute atomic E-state index is 0.0234. The van der Waals surface area contributed by atoms with Gasteiger partial charge in [0.05, 0.1) is 6.42 Å². The van der Waals surface area contributed by atoms with Crippen LogP contribution in [0.15, 0.2) is 47.1 Å². The molecule has 0 N–H and O–H groups in total. The lowest BCUT2D eigenvalue weighted by atomic mass is 10.2. The summed E-state index contributed by atoms with van der Waals surface area (Å²) in [6, 6.07) is 10.6. The molecule has 0 amide bonds. The van der Waals surface area contributed by atoms with E-state index >= 15 is 0 Å². The Balaban J connectivity index is 1.84. The van der Waals surface area contributed by atoms with Crippen molar-refractivity contribution >= 4 is 33.3 Å². The molecule has 0 radical (unpaired) electrons. The molecule has 2 rings (SSSR count). The average Bonchev–Trinajstić information content (AvgIpc) is 2.41. The van der Waals surface area contributed by atoms with E-state index in [1.165, 1.54) is 0 Å². The van der Waals surface area contributed by atoms with Crippen LogP contribution in [0, 0.1) is 0 Å². The Kier molecular flexibility index (Phi) is 4.93. The average molecular weight is 341 g/mol. The van der Waals surface area contributed by atoms with Gasteiger partial charge in [-0.15, -0.1) is 0 Å². The number of nitrogens with zero attached hydrogens (tertiary/aromatic N) is 1. The molecule has 0 aliphatic heterocycles. The molecule has 1 aromatic heterocycles. The van der Waals surface area contributed by atoms with Crippen LogP contribution >= 0.6 is 27.5 Å². The molecule has 98 valence electrons. The van der Waals surface area contributed by atoms with Gasteiger partial charge in [0.1, 0.15) is 12.4 Å². The van der Waals surface area contributed by atoms with Gasteiger partial charge < -0.3 is 4.74 Å². The summed E-state index contributed by atoms with van der Waals surface area (Å²) in [6.07, 6.45) is 1.93. The SMILES string of the molecule is O=C(COc1ccc(Cl)cc1)Cc1ccc(Br)cn1. The van der Waals surface area contributed by atoms with Crippen LogP contribution in [0.25, 0.3) is 0 Å². The molecule has 0 aliphatic carbocycles. The van der Waals surface area contributed by atoms with E-state index in [4.69, 9.17) is 16.3 Å². The quantitative estimate of drug-likeness (QED) is 0.833. The topological polar surface area (TPSA) is 39.2 Å². The van der Waals surface area contributed by atoms with Crippen LogP contribution in [-0.2, 0) is 11.2 Å². The molecule has 0 unspecified atom stereocenters.